The van der Waals surface area contributed by atoms with E-state index in [9.17, 15) is 8.42 Å². The van der Waals surface area contributed by atoms with Crippen molar-refractivity contribution in [2.75, 3.05) is 12.4 Å². The Morgan fingerprint density at radius 1 is 1.35 bits per heavy atom. The summed E-state index contributed by atoms with van der Waals surface area (Å²) in [4.78, 5) is 0. The number of ether oxygens (including phenoxy) is 1. The van der Waals surface area contributed by atoms with Crippen LogP contribution in [-0.4, -0.2) is 15.5 Å². The van der Waals surface area contributed by atoms with Gasteiger partial charge in [-0.3, -0.25) is 0 Å². The minimum atomic E-state index is -3.80. The summed E-state index contributed by atoms with van der Waals surface area (Å²) in [7, 11) is -2.21. The van der Waals surface area contributed by atoms with Crippen LogP contribution < -0.4 is 15.2 Å². The van der Waals surface area contributed by atoms with Gasteiger partial charge in [0, 0.05) is 5.69 Å². The Kier molecular flexibility index (Phi) is 4.36. The summed E-state index contributed by atoms with van der Waals surface area (Å²) in [6.45, 7) is 0.342. The van der Waals surface area contributed by atoms with Crippen LogP contribution in [0.3, 0.4) is 0 Å². The summed E-state index contributed by atoms with van der Waals surface area (Å²) in [5.41, 5.74) is 0.839. The molecule has 8 heteroatoms. The van der Waals surface area contributed by atoms with Crippen molar-refractivity contribution in [2.24, 2.45) is 5.14 Å². The largest absolute Gasteiger partial charge is 0.496 e. The van der Waals surface area contributed by atoms with Gasteiger partial charge in [0.05, 0.1) is 18.1 Å². The van der Waals surface area contributed by atoms with Crippen LogP contribution in [0.25, 0.3) is 0 Å². The number of nitrogens with two attached hydrogens (primary N) is 1. The van der Waals surface area contributed by atoms with E-state index in [0.717, 1.165) is 15.9 Å². The maximum Gasteiger partial charge on any atom is 0.271 e. The number of hydrogen-bond acceptors (Lipinski definition) is 5. The number of primary sulfonamides is 1. The summed E-state index contributed by atoms with van der Waals surface area (Å²) >= 11 is 3.38. The summed E-state index contributed by atoms with van der Waals surface area (Å²) in [5, 5.41) is 7.82. The normalized spacial score (nSPS) is 11.3. The molecule has 0 atom stereocenters. The van der Waals surface area contributed by atoms with Crippen LogP contribution in [-0.2, 0) is 16.6 Å². The minimum Gasteiger partial charge on any atom is -0.496 e. The maximum atomic E-state index is 11.1. The third-order valence-corrected chi connectivity index (χ3v) is 3.94. The lowest BCUT2D eigenvalue weighted by molar-refractivity contribution is 0.412. The number of sulfonamides is 1. The van der Waals surface area contributed by atoms with E-state index in [1.54, 1.807) is 13.2 Å². The summed E-state index contributed by atoms with van der Waals surface area (Å²) in [6.07, 6.45) is 0. The molecule has 0 radical (unpaired) electrons. The molecule has 6 nitrogen and oxygen atoms in total. The summed E-state index contributed by atoms with van der Waals surface area (Å²) in [5.74, 6) is 1.20. The molecular formula is C12H13BrN2O4S. The minimum absolute atomic E-state index is 0.245. The van der Waals surface area contributed by atoms with Crippen LogP contribution in [0, 0.1) is 0 Å². The van der Waals surface area contributed by atoms with Crippen molar-refractivity contribution in [3.8, 4) is 5.75 Å². The molecule has 0 bridgehead atoms. The van der Waals surface area contributed by atoms with E-state index in [2.05, 4.69) is 21.2 Å². The maximum absolute atomic E-state index is 11.1. The first-order valence-electron chi connectivity index (χ1n) is 5.59. The highest BCUT2D eigenvalue weighted by Crippen LogP contribution is 2.28. The zero-order valence-corrected chi connectivity index (χ0v) is 13.0. The number of furan rings is 1. The number of halogens is 1. The fraction of sp³-hybridized carbons (Fsp3) is 0.167. The summed E-state index contributed by atoms with van der Waals surface area (Å²) in [6, 6.07) is 8.39. The lowest BCUT2D eigenvalue weighted by atomic mass is 10.3. The second-order valence-electron chi connectivity index (χ2n) is 3.97. The second-order valence-corrected chi connectivity index (χ2v) is 6.32. The van der Waals surface area contributed by atoms with Gasteiger partial charge >= 0.3 is 0 Å². The zero-order valence-electron chi connectivity index (χ0n) is 10.6. The molecule has 108 valence electrons. The van der Waals surface area contributed by atoms with Gasteiger partial charge in [-0.2, -0.15) is 0 Å². The van der Waals surface area contributed by atoms with Gasteiger partial charge in [-0.05, 0) is 46.3 Å². The van der Waals surface area contributed by atoms with E-state index >= 15 is 0 Å². The van der Waals surface area contributed by atoms with Crippen LogP contribution in [0.5, 0.6) is 5.75 Å². The van der Waals surface area contributed by atoms with Crippen molar-refractivity contribution >= 4 is 31.6 Å². The first-order valence-corrected chi connectivity index (χ1v) is 7.93. The van der Waals surface area contributed by atoms with Crippen LogP contribution in [0.15, 0.2) is 44.3 Å². The molecule has 1 aromatic heterocycles. The molecule has 0 spiro atoms. The molecule has 0 fully saturated rings. The Morgan fingerprint density at radius 3 is 2.65 bits per heavy atom. The number of methoxy groups -OCH3 is 1. The highest BCUT2D eigenvalue weighted by atomic mass is 79.9. The Balaban J connectivity index is 2.05. The van der Waals surface area contributed by atoms with E-state index in [1.165, 1.54) is 6.07 Å². The van der Waals surface area contributed by atoms with Crippen molar-refractivity contribution < 1.29 is 17.6 Å². The standard InChI is InChI=1S/C12H13BrN2O4S/c1-18-11-4-2-8(6-10(11)13)15-7-9-3-5-12(19-9)20(14,16)17/h2-6,15H,7H2,1H3,(H2,14,16,17). The van der Waals surface area contributed by atoms with Gasteiger partial charge in [0.2, 0.25) is 5.09 Å². The van der Waals surface area contributed by atoms with Crippen molar-refractivity contribution in [3.05, 3.63) is 40.6 Å². The van der Waals surface area contributed by atoms with Crippen LogP contribution >= 0.6 is 15.9 Å². The van der Waals surface area contributed by atoms with Gasteiger partial charge in [-0.15, -0.1) is 0 Å². The van der Waals surface area contributed by atoms with Crippen molar-refractivity contribution in [1.29, 1.82) is 0 Å². The first-order chi connectivity index (χ1) is 9.40. The average Bonchev–Trinajstić information content (AvgIpc) is 2.85. The van der Waals surface area contributed by atoms with E-state index in [-0.39, 0.29) is 5.09 Å². The predicted molar refractivity (Wildman–Crippen MR) is 78.1 cm³/mol. The third kappa shape index (κ3) is 3.53. The molecule has 0 aliphatic rings. The van der Waals surface area contributed by atoms with Gasteiger partial charge in [0.15, 0.2) is 0 Å². The number of hydrogen-bond donors (Lipinski definition) is 2. The smallest absolute Gasteiger partial charge is 0.271 e. The highest BCUT2D eigenvalue weighted by molar-refractivity contribution is 9.10. The molecule has 0 saturated heterocycles. The van der Waals surface area contributed by atoms with E-state index in [4.69, 9.17) is 14.3 Å². The molecule has 1 aromatic carbocycles. The van der Waals surface area contributed by atoms with Crippen molar-refractivity contribution in [3.63, 3.8) is 0 Å². The Bertz CT molecular complexity index is 712. The first kappa shape index (κ1) is 14.9. The second kappa shape index (κ2) is 5.86. The van der Waals surface area contributed by atoms with Gasteiger partial charge in [-0.25, -0.2) is 13.6 Å². The van der Waals surface area contributed by atoms with E-state index in [1.807, 2.05) is 18.2 Å². The lowest BCUT2D eigenvalue weighted by Crippen LogP contribution is -2.10. The van der Waals surface area contributed by atoms with Crippen LogP contribution in [0.4, 0.5) is 5.69 Å². The van der Waals surface area contributed by atoms with Crippen molar-refractivity contribution in [1.82, 2.24) is 0 Å². The number of anilines is 1. The number of benzene rings is 1. The fourth-order valence-electron chi connectivity index (χ4n) is 1.57. The third-order valence-electron chi connectivity index (χ3n) is 2.54. The Labute approximate surface area is 125 Å². The molecule has 0 aliphatic carbocycles. The van der Waals surface area contributed by atoms with Gasteiger partial charge in [0.25, 0.3) is 10.0 Å². The van der Waals surface area contributed by atoms with Gasteiger partial charge in [0.1, 0.15) is 11.5 Å². The highest BCUT2D eigenvalue weighted by Gasteiger charge is 2.13. The fourth-order valence-corrected chi connectivity index (χ4v) is 2.59. The van der Waals surface area contributed by atoms with Crippen LogP contribution in [0.2, 0.25) is 0 Å². The van der Waals surface area contributed by atoms with Gasteiger partial charge in [-0.1, -0.05) is 0 Å². The molecule has 0 aliphatic heterocycles. The molecule has 0 unspecified atom stereocenters. The van der Waals surface area contributed by atoms with Crippen molar-refractivity contribution in [2.45, 2.75) is 11.6 Å². The number of rotatable bonds is 5. The monoisotopic (exact) mass is 360 g/mol. The van der Waals surface area contributed by atoms with E-state index < -0.39 is 10.0 Å². The molecule has 2 rings (SSSR count). The van der Waals surface area contributed by atoms with Gasteiger partial charge < -0.3 is 14.5 Å². The Morgan fingerprint density at radius 2 is 2.10 bits per heavy atom. The molecule has 2 aromatic rings. The quantitative estimate of drug-likeness (QED) is 0.852. The molecule has 3 N–H and O–H groups in total. The summed E-state index contributed by atoms with van der Waals surface area (Å²) < 4.78 is 33.2. The van der Waals surface area contributed by atoms with Crippen LogP contribution in [0.1, 0.15) is 5.76 Å². The Hall–Kier alpha value is -1.51. The van der Waals surface area contributed by atoms with E-state index in [0.29, 0.717) is 12.3 Å². The molecule has 1 heterocycles. The topological polar surface area (TPSA) is 94.6 Å². The average molecular weight is 361 g/mol. The zero-order chi connectivity index (χ0) is 14.8. The SMILES string of the molecule is COc1ccc(NCc2ccc(S(N)(=O)=O)o2)cc1Br. The molecule has 0 amide bonds. The lowest BCUT2D eigenvalue weighted by Gasteiger charge is -2.07. The molecule has 20 heavy (non-hydrogen) atoms. The number of nitrogens with one attached hydrogen (secondary N) is 1. The molecule has 0 saturated carbocycles. The predicted octanol–water partition coefficient (Wildman–Crippen LogP) is 2.31. The molecular weight excluding hydrogens is 348 g/mol.